The molecule has 1 saturated carbocycles. The molecule has 1 aromatic heterocycles. The van der Waals surface area contributed by atoms with Crippen LogP contribution in [0.2, 0.25) is 0 Å². The number of carbonyl (C=O) groups excluding carboxylic acids is 1. The van der Waals surface area contributed by atoms with Crippen molar-refractivity contribution in [1.29, 1.82) is 0 Å². The van der Waals surface area contributed by atoms with E-state index in [9.17, 15) is 9.59 Å². The van der Waals surface area contributed by atoms with E-state index in [1.807, 2.05) is 62.1 Å². The second-order valence-electron chi connectivity index (χ2n) is 9.87. The molecule has 1 unspecified atom stereocenters. The summed E-state index contributed by atoms with van der Waals surface area (Å²) < 4.78 is 1.74. The summed E-state index contributed by atoms with van der Waals surface area (Å²) in [6.45, 7) is 8.81. The van der Waals surface area contributed by atoms with Crippen molar-refractivity contribution in [1.82, 2.24) is 14.5 Å². The molecule has 0 aliphatic heterocycles. The van der Waals surface area contributed by atoms with Gasteiger partial charge in [-0.2, -0.15) is 0 Å². The number of benzene rings is 2. The Labute approximate surface area is 202 Å². The number of rotatable bonds is 8. The van der Waals surface area contributed by atoms with E-state index in [-0.39, 0.29) is 17.5 Å². The van der Waals surface area contributed by atoms with Crippen LogP contribution in [-0.2, 0) is 4.79 Å². The van der Waals surface area contributed by atoms with Gasteiger partial charge in [0.05, 0.1) is 22.6 Å². The molecule has 1 atom stereocenters. The lowest BCUT2D eigenvalue weighted by Gasteiger charge is -2.31. The van der Waals surface area contributed by atoms with Crippen LogP contribution in [-0.4, -0.2) is 26.9 Å². The molecule has 2 aromatic carbocycles. The molecule has 3 aromatic rings. The molecule has 0 radical (unpaired) electrons. The molecule has 1 aliphatic carbocycles. The number of amides is 1. The number of hydrogen-bond acceptors (Lipinski definition) is 3. The highest BCUT2D eigenvalue weighted by molar-refractivity contribution is 5.79. The zero-order chi connectivity index (χ0) is 24.2. The van der Waals surface area contributed by atoms with E-state index >= 15 is 0 Å². The van der Waals surface area contributed by atoms with E-state index in [0.29, 0.717) is 35.6 Å². The summed E-state index contributed by atoms with van der Waals surface area (Å²) in [5, 5.41) is 0.592. The first kappa shape index (κ1) is 24.2. The number of nitrogens with zero attached hydrogens (tertiary/aromatic N) is 3. The van der Waals surface area contributed by atoms with Crippen molar-refractivity contribution in [3.63, 3.8) is 0 Å². The van der Waals surface area contributed by atoms with Crippen molar-refractivity contribution >= 4 is 16.8 Å². The van der Waals surface area contributed by atoms with E-state index < -0.39 is 0 Å². The third-order valence-corrected chi connectivity index (χ3v) is 7.27. The number of fused-ring (bicyclic) bond motifs is 1. The van der Waals surface area contributed by atoms with E-state index in [0.717, 1.165) is 29.7 Å². The summed E-state index contributed by atoms with van der Waals surface area (Å²) >= 11 is 0. The zero-order valence-corrected chi connectivity index (χ0v) is 21.0. The van der Waals surface area contributed by atoms with Gasteiger partial charge in [-0.25, -0.2) is 4.98 Å². The Morgan fingerprint density at radius 1 is 1.15 bits per heavy atom. The zero-order valence-electron chi connectivity index (χ0n) is 21.0. The Kier molecular flexibility index (Phi) is 7.50. The highest BCUT2D eigenvalue weighted by Gasteiger charge is 2.27. The molecule has 1 fully saturated rings. The maximum absolute atomic E-state index is 13.8. The van der Waals surface area contributed by atoms with E-state index in [1.54, 1.807) is 4.57 Å². The summed E-state index contributed by atoms with van der Waals surface area (Å²) in [7, 11) is 0. The fourth-order valence-corrected chi connectivity index (χ4v) is 5.31. The van der Waals surface area contributed by atoms with E-state index in [2.05, 4.69) is 13.0 Å². The molecular weight excluding hydrogens is 422 g/mol. The molecule has 0 saturated heterocycles. The maximum Gasteiger partial charge on any atom is 0.266 e. The number of para-hydroxylation sites is 1. The van der Waals surface area contributed by atoms with Crippen molar-refractivity contribution in [2.45, 2.75) is 78.7 Å². The van der Waals surface area contributed by atoms with Crippen LogP contribution < -0.4 is 5.56 Å². The van der Waals surface area contributed by atoms with Crippen LogP contribution in [0, 0.1) is 19.8 Å². The molecule has 34 heavy (non-hydrogen) atoms. The molecule has 0 N–H and O–H groups in total. The SMILES string of the molecule is CCCN(C(=O)CCC1CCCC1)C(C)c1nc2ccccc2c(=O)n1-c1cc(C)ccc1C. The molecule has 5 nitrogen and oxygen atoms in total. The number of hydrogen-bond donors (Lipinski definition) is 0. The van der Waals surface area contributed by atoms with Crippen LogP contribution >= 0.6 is 0 Å². The number of aromatic nitrogens is 2. The van der Waals surface area contributed by atoms with Crippen molar-refractivity contribution in [2.24, 2.45) is 5.92 Å². The van der Waals surface area contributed by atoms with Gasteiger partial charge in [-0.15, -0.1) is 0 Å². The largest absolute Gasteiger partial charge is 0.333 e. The summed E-state index contributed by atoms with van der Waals surface area (Å²) in [6, 6.07) is 13.3. The predicted octanol–water partition coefficient (Wildman–Crippen LogP) is 6.27. The Hall–Kier alpha value is -2.95. The molecule has 1 amide bonds. The van der Waals surface area contributed by atoms with Gasteiger partial charge >= 0.3 is 0 Å². The number of carbonyl (C=O) groups is 1. The van der Waals surface area contributed by atoms with Crippen molar-refractivity contribution in [3.05, 3.63) is 69.8 Å². The molecule has 0 spiro atoms. The smallest absolute Gasteiger partial charge is 0.266 e. The fraction of sp³-hybridized carbons (Fsp3) is 0.483. The summed E-state index contributed by atoms with van der Waals surface area (Å²) in [5.41, 5.74) is 3.51. The van der Waals surface area contributed by atoms with Crippen LogP contribution in [0.15, 0.2) is 47.3 Å². The third kappa shape index (κ3) is 4.94. The summed E-state index contributed by atoms with van der Waals surface area (Å²) in [6.07, 6.45) is 7.45. The quantitative estimate of drug-likeness (QED) is 0.399. The standard InChI is InChI=1S/C29H37N3O2/c1-5-18-31(27(33)17-16-23-10-6-7-11-23)22(4)28-30-25-13-9-8-12-24(25)29(34)32(28)26-19-20(2)14-15-21(26)3/h8-9,12-15,19,22-23H,5-7,10-11,16-18H2,1-4H3. The van der Waals surface area contributed by atoms with Gasteiger partial charge in [0.2, 0.25) is 5.91 Å². The molecule has 0 bridgehead atoms. The maximum atomic E-state index is 13.8. The molecular formula is C29H37N3O2. The Morgan fingerprint density at radius 3 is 2.62 bits per heavy atom. The van der Waals surface area contributed by atoms with Crippen molar-refractivity contribution in [2.75, 3.05) is 6.54 Å². The minimum absolute atomic E-state index is 0.0870. The third-order valence-electron chi connectivity index (χ3n) is 7.27. The van der Waals surface area contributed by atoms with Crippen molar-refractivity contribution in [3.8, 4) is 5.69 Å². The monoisotopic (exact) mass is 459 g/mol. The Balaban J connectivity index is 1.79. The van der Waals surface area contributed by atoms with Crippen molar-refractivity contribution < 1.29 is 4.79 Å². The molecule has 1 aliphatic rings. The highest BCUT2D eigenvalue weighted by atomic mass is 16.2. The molecule has 1 heterocycles. The van der Waals surface area contributed by atoms with Crippen LogP contribution in [0.4, 0.5) is 0 Å². The van der Waals surface area contributed by atoms with Crippen LogP contribution in [0.5, 0.6) is 0 Å². The fourth-order valence-electron chi connectivity index (χ4n) is 5.31. The lowest BCUT2D eigenvalue weighted by atomic mass is 10.0. The molecule has 5 heteroatoms. The minimum atomic E-state index is -0.312. The average molecular weight is 460 g/mol. The molecule has 4 rings (SSSR count). The first-order valence-electron chi connectivity index (χ1n) is 12.8. The Bertz CT molecular complexity index is 1220. The summed E-state index contributed by atoms with van der Waals surface area (Å²) in [4.78, 5) is 34.1. The van der Waals surface area contributed by atoms with Gasteiger partial charge in [-0.1, -0.05) is 56.9 Å². The van der Waals surface area contributed by atoms with E-state index in [4.69, 9.17) is 4.98 Å². The van der Waals surface area contributed by atoms with Gasteiger partial charge in [0.25, 0.3) is 5.56 Å². The van der Waals surface area contributed by atoms with Gasteiger partial charge < -0.3 is 4.90 Å². The lowest BCUT2D eigenvalue weighted by molar-refractivity contribution is -0.134. The van der Waals surface area contributed by atoms with Gasteiger partial charge in [0.1, 0.15) is 5.82 Å². The lowest BCUT2D eigenvalue weighted by Crippen LogP contribution is -2.38. The van der Waals surface area contributed by atoms with Gasteiger partial charge in [0.15, 0.2) is 0 Å². The van der Waals surface area contributed by atoms with Crippen LogP contribution in [0.25, 0.3) is 16.6 Å². The normalized spacial score (nSPS) is 15.1. The first-order chi connectivity index (χ1) is 16.4. The second kappa shape index (κ2) is 10.5. The highest BCUT2D eigenvalue weighted by Crippen LogP contribution is 2.30. The Morgan fingerprint density at radius 2 is 1.88 bits per heavy atom. The van der Waals surface area contributed by atoms with Gasteiger partial charge in [-0.3, -0.25) is 14.2 Å². The van der Waals surface area contributed by atoms with Gasteiger partial charge in [-0.05, 0) is 68.9 Å². The first-order valence-corrected chi connectivity index (χ1v) is 12.8. The van der Waals surface area contributed by atoms with Gasteiger partial charge in [0, 0.05) is 13.0 Å². The van der Waals surface area contributed by atoms with E-state index in [1.165, 1.54) is 25.7 Å². The topological polar surface area (TPSA) is 55.2 Å². The molecule has 180 valence electrons. The van der Waals surface area contributed by atoms with Crippen LogP contribution in [0.3, 0.4) is 0 Å². The summed E-state index contributed by atoms with van der Waals surface area (Å²) in [5.74, 6) is 1.46. The predicted molar refractivity (Wildman–Crippen MR) is 138 cm³/mol. The minimum Gasteiger partial charge on any atom is -0.333 e. The average Bonchev–Trinajstić information content (AvgIpc) is 3.36. The number of aryl methyl sites for hydroxylation is 2. The second-order valence-corrected chi connectivity index (χ2v) is 9.87. The van der Waals surface area contributed by atoms with Crippen LogP contribution in [0.1, 0.15) is 81.8 Å².